The molecule has 1 aromatic heterocycles. The zero-order valence-electron chi connectivity index (χ0n) is 14.3. The van der Waals surface area contributed by atoms with Crippen LogP contribution in [0.5, 0.6) is 0 Å². The van der Waals surface area contributed by atoms with E-state index in [4.69, 9.17) is 5.26 Å². The zero-order valence-corrected chi connectivity index (χ0v) is 15.1. The number of para-hydroxylation sites is 1. The summed E-state index contributed by atoms with van der Waals surface area (Å²) in [5.41, 5.74) is 2.43. The molecule has 1 atom stereocenters. The van der Waals surface area contributed by atoms with Gasteiger partial charge in [-0.3, -0.25) is 14.6 Å². The molecular formula is C19H22N4OS. The third kappa shape index (κ3) is 4.45. The van der Waals surface area contributed by atoms with Crippen LogP contribution >= 0.6 is 11.3 Å². The summed E-state index contributed by atoms with van der Waals surface area (Å²) in [6.07, 6.45) is 0. The van der Waals surface area contributed by atoms with E-state index in [1.807, 2.05) is 13.0 Å². The molecule has 0 radical (unpaired) electrons. The van der Waals surface area contributed by atoms with Crippen LogP contribution in [0.1, 0.15) is 18.1 Å². The second kappa shape index (κ2) is 8.26. The van der Waals surface area contributed by atoms with Gasteiger partial charge in [0.25, 0.3) is 0 Å². The molecule has 2 aromatic rings. The minimum atomic E-state index is -0.213. The molecule has 0 saturated carbocycles. The highest BCUT2D eigenvalue weighted by Gasteiger charge is 2.26. The van der Waals surface area contributed by atoms with Gasteiger partial charge in [0.1, 0.15) is 6.07 Å². The summed E-state index contributed by atoms with van der Waals surface area (Å²) in [6, 6.07) is 11.2. The van der Waals surface area contributed by atoms with Crippen molar-refractivity contribution in [2.45, 2.75) is 19.5 Å². The highest BCUT2D eigenvalue weighted by Crippen LogP contribution is 2.16. The largest absolute Gasteiger partial charge is 0.324 e. The summed E-state index contributed by atoms with van der Waals surface area (Å²) in [7, 11) is 0. The lowest BCUT2D eigenvalue weighted by atomic mass is 10.1. The fourth-order valence-corrected chi connectivity index (χ4v) is 3.70. The van der Waals surface area contributed by atoms with E-state index in [0.29, 0.717) is 11.3 Å². The Morgan fingerprint density at radius 2 is 2.04 bits per heavy atom. The first-order chi connectivity index (χ1) is 12.2. The third-order valence-corrected chi connectivity index (χ3v) is 5.36. The van der Waals surface area contributed by atoms with Gasteiger partial charge >= 0.3 is 0 Å². The minimum Gasteiger partial charge on any atom is -0.324 e. The molecule has 0 spiro atoms. The Morgan fingerprint density at radius 1 is 1.28 bits per heavy atom. The molecule has 2 heterocycles. The van der Waals surface area contributed by atoms with Crippen LogP contribution in [0.3, 0.4) is 0 Å². The van der Waals surface area contributed by atoms with Gasteiger partial charge < -0.3 is 5.32 Å². The van der Waals surface area contributed by atoms with Crippen molar-refractivity contribution >= 4 is 22.9 Å². The van der Waals surface area contributed by atoms with Crippen LogP contribution in [0.15, 0.2) is 41.1 Å². The van der Waals surface area contributed by atoms with Crippen LogP contribution in [-0.4, -0.2) is 47.9 Å². The van der Waals surface area contributed by atoms with Crippen molar-refractivity contribution in [3.63, 3.8) is 0 Å². The Hall–Kier alpha value is -2.20. The SMILES string of the molecule is C[C@@H](C(=O)Nc1ccccc1C#N)N1CCN(Cc2ccsc2)CC1. The van der Waals surface area contributed by atoms with Crippen LogP contribution < -0.4 is 5.32 Å². The number of carbonyl (C=O) groups is 1. The predicted octanol–water partition coefficient (Wildman–Crippen LogP) is 2.76. The average molecular weight is 354 g/mol. The van der Waals surface area contributed by atoms with Crippen LogP contribution in [0.4, 0.5) is 5.69 Å². The van der Waals surface area contributed by atoms with Crippen molar-refractivity contribution in [3.05, 3.63) is 52.2 Å². The Labute approximate surface area is 152 Å². The molecule has 1 aromatic carbocycles. The summed E-state index contributed by atoms with van der Waals surface area (Å²) in [4.78, 5) is 17.2. The lowest BCUT2D eigenvalue weighted by molar-refractivity contribution is -0.121. The molecule has 0 bridgehead atoms. The molecule has 1 saturated heterocycles. The summed E-state index contributed by atoms with van der Waals surface area (Å²) < 4.78 is 0. The van der Waals surface area contributed by atoms with Crippen LogP contribution in [0.25, 0.3) is 0 Å². The Morgan fingerprint density at radius 3 is 2.72 bits per heavy atom. The fourth-order valence-electron chi connectivity index (χ4n) is 3.04. The first kappa shape index (κ1) is 17.6. The molecule has 3 rings (SSSR count). The molecule has 1 amide bonds. The summed E-state index contributed by atoms with van der Waals surface area (Å²) in [6.45, 7) is 6.58. The number of hydrogen-bond acceptors (Lipinski definition) is 5. The highest BCUT2D eigenvalue weighted by molar-refractivity contribution is 7.07. The second-order valence-electron chi connectivity index (χ2n) is 6.27. The van der Waals surface area contributed by atoms with Gasteiger partial charge in [-0.25, -0.2) is 0 Å². The second-order valence-corrected chi connectivity index (χ2v) is 7.05. The molecule has 25 heavy (non-hydrogen) atoms. The molecule has 1 aliphatic rings. The summed E-state index contributed by atoms with van der Waals surface area (Å²) >= 11 is 1.73. The number of carbonyl (C=O) groups excluding carboxylic acids is 1. The maximum absolute atomic E-state index is 12.5. The third-order valence-electron chi connectivity index (χ3n) is 4.63. The van der Waals surface area contributed by atoms with Crippen molar-refractivity contribution in [1.82, 2.24) is 9.80 Å². The molecule has 1 aliphatic heterocycles. The van der Waals surface area contributed by atoms with Crippen molar-refractivity contribution in [1.29, 1.82) is 5.26 Å². The Kier molecular flexibility index (Phi) is 5.82. The number of amides is 1. The van der Waals surface area contributed by atoms with E-state index in [1.54, 1.807) is 29.5 Å². The van der Waals surface area contributed by atoms with Crippen LogP contribution in [-0.2, 0) is 11.3 Å². The normalized spacial score (nSPS) is 17.0. The smallest absolute Gasteiger partial charge is 0.241 e. The number of nitriles is 1. The molecule has 1 N–H and O–H groups in total. The average Bonchev–Trinajstić information content (AvgIpc) is 3.15. The molecular weight excluding hydrogens is 332 g/mol. The van der Waals surface area contributed by atoms with Crippen molar-refractivity contribution < 1.29 is 4.79 Å². The quantitative estimate of drug-likeness (QED) is 0.897. The predicted molar refractivity (Wildman–Crippen MR) is 100 cm³/mol. The van der Waals surface area contributed by atoms with Crippen molar-refractivity contribution in [2.24, 2.45) is 0 Å². The van der Waals surface area contributed by atoms with E-state index in [9.17, 15) is 4.79 Å². The van der Waals surface area contributed by atoms with Gasteiger partial charge in [0, 0.05) is 32.7 Å². The summed E-state index contributed by atoms with van der Waals surface area (Å²) in [5, 5.41) is 16.3. The van der Waals surface area contributed by atoms with Gasteiger partial charge in [-0.15, -0.1) is 0 Å². The molecule has 0 aliphatic carbocycles. The van der Waals surface area contributed by atoms with Gasteiger partial charge in [0.2, 0.25) is 5.91 Å². The maximum atomic E-state index is 12.5. The van der Waals surface area contributed by atoms with Crippen LogP contribution in [0, 0.1) is 11.3 Å². The van der Waals surface area contributed by atoms with Gasteiger partial charge in [-0.1, -0.05) is 12.1 Å². The molecule has 0 unspecified atom stereocenters. The number of nitrogens with zero attached hydrogens (tertiary/aromatic N) is 3. The van der Waals surface area contributed by atoms with E-state index in [2.05, 4.69) is 38.0 Å². The van der Waals surface area contributed by atoms with Crippen LogP contribution in [0.2, 0.25) is 0 Å². The fraction of sp³-hybridized carbons (Fsp3) is 0.368. The zero-order chi connectivity index (χ0) is 17.6. The molecule has 6 heteroatoms. The number of thiophene rings is 1. The van der Waals surface area contributed by atoms with Gasteiger partial charge in [-0.2, -0.15) is 16.6 Å². The highest BCUT2D eigenvalue weighted by atomic mass is 32.1. The molecule has 130 valence electrons. The van der Waals surface area contributed by atoms with Crippen molar-refractivity contribution in [3.8, 4) is 6.07 Å². The first-order valence-corrected chi connectivity index (χ1v) is 9.39. The topological polar surface area (TPSA) is 59.4 Å². The lowest BCUT2D eigenvalue weighted by Gasteiger charge is -2.37. The summed E-state index contributed by atoms with van der Waals surface area (Å²) in [5.74, 6) is -0.0611. The van der Waals surface area contributed by atoms with E-state index in [0.717, 1.165) is 32.7 Å². The van der Waals surface area contributed by atoms with Gasteiger partial charge in [0.15, 0.2) is 0 Å². The monoisotopic (exact) mass is 354 g/mol. The van der Waals surface area contributed by atoms with E-state index in [-0.39, 0.29) is 11.9 Å². The number of nitrogens with one attached hydrogen (secondary N) is 1. The lowest BCUT2D eigenvalue weighted by Crippen LogP contribution is -2.52. The number of benzene rings is 1. The molecule has 1 fully saturated rings. The number of anilines is 1. The van der Waals surface area contributed by atoms with Gasteiger partial charge in [-0.05, 0) is 41.4 Å². The number of piperazine rings is 1. The minimum absolute atomic E-state index is 0.0611. The maximum Gasteiger partial charge on any atom is 0.241 e. The van der Waals surface area contributed by atoms with E-state index < -0.39 is 0 Å². The molecule has 5 nitrogen and oxygen atoms in total. The van der Waals surface area contributed by atoms with E-state index in [1.165, 1.54) is 5.56 Å². The number of hydrogen-bond donors (Lipinski definition) is 1. The number of rotatable bonds is 5. The Balaban J connectivity index is 1.52. The first-order valence-electron chi connectivity index (χ1n) is 8.45. The van der Waals surface area contributed by atoms with Crippen molar-refractivity contribution in [2.75, 3.05) is 31.5 Å². The van der Waals surface area contributed by atoms with E-state index >= 15 is 0 Å². The standard InChI is InChI=1S/C19H22N4OS/c1-15(19(24)21-18-5-3-2-4-17(18)12-20)23-9-7-22(8-10-23)13-16-6-11-25-14-16/h2-6,11,14-15H,7-10,13H2,1H3,(H,21,24)/t15-/m0/s1. The van der Waals surface area contributed by atoms with Gasteiger partial charge in [0.05, 0.1) is 17.3 Å². The Bertz CT molecular complexity index is 745.